The van der Waals surface area contributed by atoms with E-state index in [1.165, 1.54) is 0 Å². The summed E-state index contributed by atoms with van der Waals surface area (Å²) in [5.74, 6) is 0.501. The number of ether oxygens (including phenoxy) is 1. The third-order valence-electron chi connectivity index (χ3n) is 2.85. The van der Waals surface area contributed by atoms with Crippen LogP contribution in [-0.2, 0) is 0 Å². The summed E-state index contributed by atoms with van der Waals surface area (Å²) in [7, 11) is 0. The van der Waals surface area contributed by atoms with Gasteiger partial charge in [-0.05, 0) is 52.7 Å². The Balaban J connectivity index is 2.33. The van der Waals surface area contributed by atoms with Crippen LogP contribution in [0.1, 0.15) is 28.9 Å². The fourth-order valence-corrected chi connectivity index (χ4v) is 2.24. The highest BCUT2D eigenvalue weighted by molar-refractivity contribution is 9.10. The lowest BCUT2D eigenvalue weighted by molar-refractivity contribution is 0.0998. The molecule has 2 aromatic rings. The van der Waals surface area contributed by atoms with E-state index in [0.29, 0.717) is 17.1 Å². The first-order valence-electron chi connectivity index (χ1n) is 6.10. The van der Waals surface area contributed by atoms with Crippen LogP contribution in [0.4, 0.5) is 0 Å². The maximum atomic E-state index is 11.4. The van der Waals surface area contributed by atoms with E-state index in [0.717, 1.165) is 10.0 Å². The Morgan fingerprint density at radius 3 is 2.50 bits per heavy atom. The van der Waals surface area contributed by atoms with E-state index >= 15 is 0 Å². The molecule has 0 radical (unpaired) electrons. The molecular weight excluding hydrogens is 320 g/mol. The number of para-hydroxylation sites is 1. The van der Waals surface area contributed by atoms with E-state index in [-0.39, 0.29) is 6.04 Å². The summed E-state index contributed by atoms with van der Waals surface area (Å²) >= 11 is 3.44. The van der Waals surface area contributed by atoms with Gasteiger partial charge in [0.05, 0.1) is 10.0 Å². The van der Waals surface area contributed by atoms with Crippen molar-refractivity contribution >= 4 is 21.8 Å². The van der Waals surface area contributed by atoms with Crippen LogP contribution >= 0.6 is 15.9 Å². The molecule has 0 aliphatic carbocycles. The molecule has 0 bridgehead atoms. The summed E-state index contributed by atoms with van der Waals surface area (Å²) in [6, 6.07) is 12.4. The van der Waals surface area contributed by atoms with Crippen LogP contribution < -0.4 is 16.2 Å². The van der Waals surface area contributed by atoms with Gasteiger partial charge in [-0.3, -0.25) is 4.79 Å². The van der Waals surface area contributed by atoms with E-state index in [1.807, 2.05) is 19.1 Å². The lowest BCUT2D eigenvalue weighted by atomic mass is 10.1. The van der Waals surface area contributed by atoms with Gasteiger partial charge in [0.15, 0.2) is 0 Å². The van der Waals surface area contributed by atoms with E-state index in [2.05, 4.69) is 15.9 Å². The van der Waals surface area contributed by atoms with Crippen LogP contribution in [0.3, 0.4) is 0 Å². The maximum absolute atomic E-state index is 11.4. The Bertz CT molecular complexity index is 642. The smallest absolute Gasteiger partial charge is 0.252 e. The third kappa shape index (κ3) is 3.18. The number of carbonyl (C=O) groups excluding carboxylic acids is 1. The minimum atomic E-state index is -0.524. The van der Waals surface area contributed by atoms with Crippen LogP contribution in [0.2, 0.25) is 0 Å². The lowest BCUT2D eigenvalue weighted by Crippen LogP contribution is -2.12. The molecule has 0 fully saturated rings. The molecule has 0 aliphatic heterocycles. The normalized spacial score (nSPS) is 11.9. The van der Waals surface area contributed by atoms with Crippen molar-refractivity contribution in [1.82, 2.24) is 0 Å². The zero-order valence-corrected chi connectivity index (χ0v) is 12.6. The van der Waals surface area contributed by atoms with Crippen LogP contribution in [0.5, 0.6) is 11.5 Å². The Labute approximate surface area is 125 Å². The zero-order chi connectivity index (χ0) is 14.7. The molecule has 2 rings (SSSR count). The number of rotatable bonds is 4. The minimum Gasteiger partial charge on any atom is -0.455 e. The van der Waals surface area contributed by atoms with Gasteiger partial charge in [0.1, 0.15) is 11.5 Å². The van der Waals surface area contributed by atoms with Gasteiger partial charge in [-0.1, -0.05) is 18.2 Å². The second-order valence-corrected chi connectivity index (χ2v) is 5.30. The van der Waals surface area contributed by atoms with Crippen molar-refractivity contribution < 1.29 is 9.53 Å². The van der Waals surface area contributed by atoms with E-state index < -0.39 is 5.91 Å². The quantitative estimate of drug-likeness (QED) is 0.899. The highest BCUT2D eigenvalue weighted by Gasteiger charge is 2.11. The van der Waals surface area contributed by atoms with Gasteiger partial charge >= 0.3 is 0 Å². The molecule has 0 saturated heterocycles. The first-order valence-corrected chi connectivity index (χ1v) is 6.90. The summed E-state index contributed by atoms with van der Waals surface area (Å²) in [5.41, 5.74) is 12.5. The maximum Gasteiger partial charge on any atom is 0.252 e. The Morgan fingerprint density at radius 1 is 1.20 bits per heavy atom. The summed E-state index contributed by atoms with van der Waals surface area (Å²) in [6.45, 7) is 1.91. The molecule has 1 amide bonds. The van der Waals surface area contributed by atoms with Gasteiger partial charge in [-0.2, -0.15) is 0 Å². The molecule has 4 nitrogen and oxygen atoms in total. The highest BCUT2D eigenvalue weighted by Crippen LogP contribution is 2.33. The van der Waals surface area contributed by atoms with Gasteiger partial charge in [0, 0.05) is 6.04 Å². The Hall–Kier alpha value is -1.85. The summed E-state index contributed by atoms with van der Waals surface area (Å²) in [6.07, 6.45) is 0. The van der Waals surface area contributed by atoms with Crippen molar-refractivity contribution in [3.8, 4) is 11.5 Å². The lowest BCUT2D eigenvalue weighted by Gasteiger charge is -2.12. The predicted molar refractivity (Wildman–Crippen MR) is 81.8 cm³/mol. The first kappa shape index (κ1) is 14.6. The molecule has 0 heterocycles. The van der Waals surface area contributed by atoms with E-state index in [9.17, 15) is 4.79 Å². The van der Waals surface area contributed by atoms with Crippen LogP contribution in [0, 0.1) is 0 Å². The van der Waals surface area contributed by atoms with Crippen LogP contribution in [-0.4, -0.2) is 5.91 Å². The molecule has 2 aromatic carbocycles. The summed E-state index contributed by atoms with van der Waals surface area (Å²) in [4.78, 5) is 11.4. The second kappa shape index (κ2) is 6.07. The molecule has 1 atom stereocenters. The largest absolute Gasteiger partial charge is 0.455 e. The molecule has 104 valence electrons. The van der Waals surface area contributed by atoms with Gasteiger partial charge in [0.2, 0.25) is 0 Å². The van der Waals surface area contributed by atoms with Crippen molar-refractivity contribution in [2.24, 2.45) is 11.5 Å². The number of halogens is 1. The van der Waals surface area contributed by atoms with Crippen molar-refractivity contribution in [2.75, 3.05) is 0 Å². The average molecular weight is 335 g/mol. The standard InChI is InChI=1S/C15H15BrN2O2/c1-9(17)10-6-7-14(12(16)8-10)20-13-5-3-2-4-11(13)15(18)19/h2-9H,17H2,1H3,(H2,18,19). The monoisotopic (exact) mass is 334 g/mol. The number of benzene rings is 2. The molecule has 0 spiro atoms. The Kier molecular flexibility index (Phi) is 4.42. The number of nitrogens with two attached hydrogens (primary N) is 2. The summed E-state index contributed by atoms with van der Waals surface area (Å²) in [5, 5.41) is 0. The van der Waals surface area contributed by atoms with Gasteiger partial charge < -0.3 is 16.2 Å². The van der Waals surface area contributed by atoms with Crippen molar-refractivity contribution in [1.29, 1.82) is 0 Å². The fourth-order valence-electron chi connectivity index (χ4n) is 1.76. The van der Waals surface area contributed by atoms with E-state index in [1.54, 1.807) is 30.3 Å². The molecule has 1 unspecified atom stereocenters. The molecule has 5 heteroatoms. The van der Waals surface area contributed by atoms with Crippen molar-refractivity contribution in [2.45, 2.75) is 13.0 Å². The highest BCUT2D eigenvalue weighted by atomic mass is 79.9. The predicted octanol–water partition coefficient (Wildman–Crippen LogP) is 3.36. The average Bonchev–Trinajstić information content (AvgIpc) is 2.41. The molecule has 0 aromatic heterocycles. The number of carbonyl (C=O) groups is 1. The number of amides is 1. The van der Waals surface area contributed by atoms with Crippen molar-refractivity contribution in [3.63, 3.8) is 0 Å². The van der Waals surface area contributed by atoms with Crippen LogP contribution in [0.15, 0.2) is 46.9 Å². The van der Waals surface area contributed by atoms with E-state index in [4.69, 9.17) is 16.2 Å². The molecule has 0 aliphatic rings. The van der Waals surface area contributed by atoms with Crippen molar-refractivity contribution in [3.05, 3.63) is 58.1 Å². The number of hydrogen-bond acceptors (Lipinski definition) is 3. The topological polar surface area (TPSA) is 78.3 Å². The van der Waals surface area contributed by atoms with Gasteiger partial charge in [-0.25, -0.2) is 0 Å². The number of primary amides is 1. The molecule has 4 N–H and O–H groups in total. The van der Waals surface area contributed by atoms with Gasteiger partial charge in [0.25, 0.3) is 5.91 Å². The number of hydrogen-bond donors (Lipinski definition) is 2. The summed E-state index contributed by atoms with van der Waals surface area (Å²) < 4.78 is 6.52. The second-order valence-electron chi connectivity index (χ2n) is 4.44. The molecular formula is C15H15BrN2O2. The van der Waals surface area contributed by atoms with Crippen LogP contribution in [0.25, 0.3) is 0 Å². The fraction of sp³-hybridized carbons (Fsp3) is 0.133. The molecule has 20 heavy (non-hydrogen) atoms. The molecule has 0 saturated carbocycles. The van der Waals surface area contributed by atoms with Gasteiger partial charge in [-0.15, -0.1) is 0 Å². The minimum absolute atomic E-state index is 0.0572. The third-order valence-corrected chi connectivity index (χ3v) is 3.47. The first-order chi connectivity index (χ1) is 9.49. The zero-order valence-electron chi connectivity index (χ0n) is 11.0. The Morgan fingerprint density at radius 2 is 1.90 bits per heavy atom. The SMILES string of the molecule is CC(N)c1ccc(Oc2ccccc2C(N)=O)c(Br)c1.